The van der Waals surface area contributed by atoms with Gasteiger partial charge in [-0.15, -0.1) is 0 Å². The van der Waals surface area contributed by atoms with Crippen molar-refractivity contribution in [3.8, 4) is 0 Å². The van der Waals surface area contributed by atoms with E-state index in [4.69, 9.17) is 15.6 Å². The zero-order valence-electron chi connectivity index (χ0n) is 7.23. The maximum absolute atomic E-state index is 10.8. The zero-order chi connectivity index (χ0) is 9.84. The third kappa shape index (κ3) is 2.42. The van der Waals surface area contributed by atoms with Gasteiger partial charge in [0.15, 0.2) is 0 Å². The van der Waals surface area contributed by atoms with E-state index in [2.05, 4.69) is 0 Å². The Morgan fingerprint density at radius 2 is 2.46 bits per heavy atom. The number of esters is 1. The first-order valence-electron chi connectivity index (χ1n) is 4.23. The van der Waals surface area contributed by atoms with E-state index in [1.807, 2.05) is 0 Å². The van der Waals surface area contributed by atoms with Gasteiger partial charge in [0.25, 0.3) is 0 Å². The molecule has 5 nitrogen and oxygen atoms in total. The number of aliphatic carboxylic acids is 1. The van der Waals surface area contributed by atoms with Crippen molar-refractivity contribution >= 4 is 11.9 Å². The van der Waals surface area contributed by atoms with E-state index in [-0.39, 0.29) is 24.9 Å². The molecular formula is C8H13NO4. The van der Waals surface area contributed by atoms with Crippen LogP contribution in [0.25, 0.3) is 0 Å². The summed E-state index contributed by atoms with van der Waals surface area (Å²) in [6.45, 7) is 0.539. The van der Waals surface area contributed by atoms with Crippen molar-refractivity contribution in [1.29, 1.82) is 0 Å². The lowest BCUT2D eigenvalue weighted by Gasteiger charge is -2.15. The molecule has 74 valence electrons. The third-order valence-corrected chi connectivity index (χ3v) is 2.25. The van der Waals surface area contributed by atoms with Crippen LogP contribution < -0.4 is 5.73 Å². The Morgan fingerprint density at radius 3 is 2.85 bits per heavy atom. The van der Waals surface area contributed by atoms with Crippen molar-refractivity contribution < 1.29 is 19.4 Å². The van der Waals surface area contributed by atoms with Crippen molar-refractivity contribution in [2.24, 2.45) is 17.6 Å². The summed E-state index contributed by atoms with van der Waals surface area (Å²) >= 11 is 0. The van der Waals surface area contributed by atoms with Gasteiger partial charge >= 0.3 is 11.9 Å². The second-order valence-electron chi connectivity index (χ2n) is 3.17. The predicted molar refractivity (Wildman–Crippen MR) is 43.9 cm³/mol. The number of rotatable bonds is 4. The molecule has 5 heteroatoms. The molecule has 0 aromatic carbocycles. The van der Waals surface area contributed by atoms with Crippen LogP contribution in [-0.2, 0) is 14.3 Å². The molecule has 0 bridgehead atoms. The van der Waals surface area contributed by atoms with Crippen molar-refractivity contribution in [3.05, 3.63) is 0 Å². The SMILES string of the molecule is NCCC(C(=O)O)C1COC(=O)C1. The maximum Gasteiger partial charge on any atom is 0.306 e. The maximum atomic E-state index is 10.8. The van der Waals surface area contributed by atoms with Gasteiger partial charge in [-0.25, -0.2) is 0 Å². The lowest BCUT2D eigenvalue weighted by atomic mass is 9.89. The second-order valence-corrected chi connectivity index (χ2v) is 3.17. The highest BCUT2D eigenvalue weighted by atomic mass is 16.5. The molecule has 0 aliphatic carbocycles. The molecule has 2 unspecified atom stereocenters. The Labute approximate surface area is 75.9 Å². The summed E-state index contributed by atoms with van der Waals surface area (Å²) in [6.07, 6.45) is 0.605. The minimum Gasteiger partial charge on any atom is -0.481 e. The van der Waals surface area contributed by atoms with E-state index in [1.165, 1.54) is 0 Å². The molecule has 1 heterocycles. The van der Waals surface area contributed by atoms with Gasteiger partial charge in [-0.1, -0.05) is 0 Å². The first-order valence-corrected chi connectivity index (χ1v) is 4.23. The lowest BCUT2D eigenvalue weighted by Crippen LogP contribution is -2.26. The summed E-state index contributed by atoms with van der Waals surface area (Å²) in [7, 11) is 0. The van der Waals surface area contributed by atoms with Crippen LogP contribution in [0.5, 0.6) is 0 Å². The molecule has 1 saturated heterocycles. The highest BCUT2D eigenvalue weighted by Crippen LogP contribution is 2.25. The van der Waals surface area contributed by atoms with Gasteiger partial charge in [0.1, 0.15) is 0 Å². The van der Waals surface area contributed by atoms with Crippen LogP contribution in [0.2, 0.25) is 0 Å². The summed E-state index contributed by atoms with van der Waals surface area (Å²) < 4.78 is 4.70. The van der Waals surface area contributed by atoms with Crippen LogP contribution in [0.1, 0.15) is 12.8 Å². The molecule has 3 N–H and O–H groups in total. The summed E-state index contributed by atoms with van der Waals surface area (Å²) in [5, 5.41) is 8.83. The van der Waals surface area contributed by atoms with Crippen molar-refractivity contribution in [3.63, 3.8) is 0 Å². The first kappa shape index (κ1) is 9.98. The van der Waals surface area contributed by atoms with E-state index < -0.39 is 11.9 Å². The minimum atomic E-state index is -0.895. The van der Waals surface area contributed by atoms with E-state index >= 15 is 0 Å². The lowest BCUT2D eigenvalue weighted by molar-refractivity contribution is -0.144. The molecule has 0 radical (unpaired) electrons. The minimum absolute atomic E-state index is 0.200. The molecule has 0 saturated carbocycles. The molecule has 1 aliphatic rings. The van der Waals surface area contributed by atoms with Gasteiger partial charge in [0, 0.05) is 5.92 Å². The van der Waals surface area contributed by atoms with Crippen LogP contribution in [0.15, 0.2) is 0 Å². The fourth-order valence-corrected chi connectivity index (χ4v) is 1.53. The Hall–Kier alpha value is -1.10. The van der Waals surface area contributed by atoms with Gasteiger partial charge in [0.05, 0.1) is 18.9 Å². The summed E-state index contributed by atoms with van der Waals surface area (Å²) in [4.78, 5) is 21.5. The van der Waals surface area contributed by atoms with Gasteiger partial charge in [0.2, 0.25) is 0 Å². The number of ether oxygens (including phenoxy) is 1. The van der Waals surface area contributed by atoms with E-state index in [0.717, 1.165) is 0 Å². The number of carbonyl (C=O) groups is 2. The highest BCUT2D eigenvalue weighted by Gasteiger charge is 2.34. The molecule has 2 atom stereocenters. The predicted octanol–water partition coefficient (Wildman–Crippen LogP) is -0.401. The van der Waals surface area contributed by atoms with Gasteiger partial charge < -0.3 is 15.6 Å². The van der Waals surface area contributed by atoms with Crippen molar-refractivity contribution in [2.45, 2.75) is 12.8 Å². The molecule has 13 heavy (non-hydrogen) atoms. The Bertz CT molecular complexity index is 216. The third-order valence-electron chi connectivity index (χ3n) is 2.25. The van der Waals surface area contributed by atoms with Crippen molar-refractivity contribution in [2.75, 3.05) is 13.2 Å². The average Bonchev–Trinajstić information content (AvgIpc) is 2.46. The van der Waals surface area contributed by atoms with Crippen LogP contribution in [0, 0.1) is 11.8 Å². The largest absolute Gasteiger partial charge is 0.481 e. The standard InChI is InChI=1S/C8H13NO4/c9-2-1-6(8(11)12)5-3-7(10)13-4-5/h5-6H,1-4,9H2,(H,11,12). The summed E-state index contributed by atoms with van der Waals surface area (Å²) in [6, 6.07) is 0. The molecule has 0 spiro atoms. The molecule has 0 aromatic rings. The molecule has 0 amide bonds. The number of hydrogen-bond donors (Lipinski definition) is 2. The number of nitrogens with two attached hydrogens (primary N) is 1. The highest BCUT2D eigenvalue weighted by molar-refractivity contribution is 5.75. The fraction of sp³-hybridized carbons (Fsp3) is 0.750. The number of cyclic esters (lactones) is 1. The van der Waals surface area contributed by atoms with Gasteiger partial charge in [-0.2, -0.15) is 0 Å². The van der Waals surface area contributed by atoms with E-state index in [1.54, 1.807) is 0 Å². The molecule has 0 aromatic heterocycles. The molecular weight excluding hydrogens is 174 g/mol. The Kier molecular flexibility index (Phi) is 3.25. The second kappa shape index (κ2) is 4.23. The Balaban J connectivity index is 2.54. The molecule has 1 aliphatic heterocycles. The monoisotopic (exact) mass is 187 g/mol. The zero-order valence-corrected chi connectivity index (χ0v) is 7.23. The topological polar surface area (TPSA) is 89.6 Å². The van der Waals surface area contributed by atoms with E-state index in [9.17, 15) is 9.59 Å². The summed E-state index contributed by atoms with van der Waals surface area (Å²) in [5.74, 6) is -1.95. The fourth-order valence-electron chi connectivity index (χ4n) is 1.53. The number of carboxylic acid groups (broad SMARTS) is 1. The van der Waals surface area contributed by atoms with Gasteiger partial charge in [-0.3, -0.25) is 9.59 Å². The van der Waals surface area contributed by atoms with E-state index in [0.29, 0.717) is 13.0 Å². The van der Waals surface area contributed by atoms with Crippen LogP contribution >= 0.6 is 0 Å². The summed E-state index contributed by atoms with van der Waals surface area (Å²) in [5.41, 5.74) is 5.28. The number of carbonyl (C=O) groups excluding carboxylic acids is 1. The molecule has 1 rings (SSSR count). The normalized spacial score (nSPS) is 24.1. The van der Waals surface area contributed by atoms with Crippen LogP contribution in [0.3, 0.4) is 0 Å². The van der Waals surface area contributed by atoms with Crippen LogP contribution in [0.4, 0.5) is 0 Å². The number of carboxylic acids is 1. The van der Waals surface area contributed by atoms with Crippen molar-refractivity contribution in [1.82, 2.24) is 0 Å². The van der Waals surface area contributed by atoms with Gasteiger partial charge in [-0.05, 0) is 13.0 Å². The smallest absolute Gasteiger partial charge is 0.306 e. The molecule has 1 fully saturated rings. The Morgan fingerprint density at radius 1 is 1.77 bits per heavy atom. The quantitative estimate of drug-likeness (QED) is 0.584. The average molecular weight is 187 g/mol. The first-order chi connectivity index (χ1) is 6.15. The number of hydrogen-bond acceptors (Lipinski definition) is 4. The van der Waals surface area contributed by atoms with Crippen LogP contribution in [-0.4, -0.2) is 30.2 Å².